The van der Waals surface area contributed by atoms with Crippen LogP contribution in [0.25, 0.3) is 0 Å². The Hall–Kier alpha value is -3.19. The van der Waals surface area contributed by atoms with E-state index in [-0.39, 0.29) is 36.1 Å². The second-order valence-electron chi connectivity index (χ2n) is 7.81. The molecule has 1 aliphatic carbocycles. The Morgan fingerprint density at radius 1 is 0.871 bits per heavy atom. The van der Waals surface area contributed by atoms with Crippen molar-refractivity contribution in [3.8, 4) is 0 Å². The standard InChI is InChI=1S/C23H22ClN3O4/c24-15-11-9-14(10-12-15)21(29)26-19-8-4-3-7-18(19)25-20(28)13-27-22(30)16-5-1-2-6-17(16)23(27)31/h3-4,7-12,16-17H,1-2,5-6,13H2,(H,25,28)(H,26,29). The summed E-state index contributed by atoms with van der Waals surface area (Å²) >= 11 is 5.86. The fourth-order valence-electron chi connectivity index (χ4n) is 4.22. The van der Waals surface area contributed by atoms with E-state index in [4.69, 9.17) is 11.6 Å². The lowest BCUT2D eigenvalue weighted by Gasteiger charge is -2.19. The maximum absolute atomic E-state index is 12.6. The smallest absolute Gasteiger partial charge is 0.255 e. The summed E-state index contributed by atoms with van der Waals surface area (Å²) in [5, 5.41) is 5.99. The van der Waals surface area contributed by atoms with Crippen molar-refractivity contribution >= 4 is 46.6 Å². The van der Waals surface area contributed by atoms with Crippen LogP contribution in [-0.2, 0) is 14.4 Å². The molecule has 0 spiro atoms. The van der Waals surface area contributed by atoms with Gasteiger partial charge in [-0.25, -0.2) is 0 Å². The van der Waals surface area contributed by atoms with Crippen molar-refractivity contribution in [3.63, 3.8) is 0 Å². The number of fused-ring (bicyclic) bond motifs is 1. The summed E-state index contributed by atoms with van der Waals surface area (Å²) in [6.07, 6.45) is 3.27. The highest BCUT2D eigenvalue weighted by Gasteiger charge is 2.48. The Balaban J connectivity index is 1.43. The molecule has 2 aliphatic rings. The molecule has 2 unspecified atom stereocenters. The molecule has 7 nitrogen and oxygen atoms in total. The second-order valence-corrected chi connectivity index (χ2v) is 8.25. The van der Waals surface area contributed by atoms with E-state index in [0.717, 1.165) is 17.7 Å². The minimum absolute atomic E-state index is 0.255. The lowest BCUT2D eigenvalue weighted by Crippen LogP contribution is -2.38. The van der Waals surface area contributed by atoms with Crippen molar-refractivity contribution in [2.45, 2.75) is 25.7 Å². The van der Waals surface area contributed by atoms with Crippen LogP contribution >= 0.6 is 11.6 Å². The van der Waals surface area contributed by atoms with Crippen molar-refractivity contribution < 1.29 is 19.2 Å². The van der Waals surface area contributed by atoms with Crippen LogP contribution < -0.4 is 10.6 Å². The van der Waals surface area contributed by atoms with Gasteiger partial charge in [-0.15, -0.1) is 0 Å². The third-order valence-electron chi connectivity index (χ3n) is 5.79. The maximum Gasteiger partial charge on any atom is 0.255 e. The van der Waals surface area contributed by atoms with Crippen molar-refractivity contribution in [1.29, 1.82) is 0 Å². The zero-order chi connectivity index (χ0) is 22.0. The van der Waals surface area contributed by atoms with Crippen LogP contribution in [0.5, 0.6) is 0 Å². The molecule has 2 N–H and O–H groups in total. The van der Waals surface area contributed by atoms with Crippen LogP contribution in [0.3, 0.4) is 0 Å². The van der Waals surface area contributed by atoms with E-state index in [1.54, 1.807) is 48.5 Å². The molecule has 0 bridgehead atoms. The zero-order valence-electron chi connectivity index (χ0n) is 16.8. The number of carbonyl (C=O) groups is 4. The number of carbonyl (C=O) groups excluding carboxylic acids is 4. The van der Waals surface area contributed by atoms with Gasteiger partial charge < -0.3 is 10.6 Å². The summed E-state index contributed by atoms with van der Waals surface area (Å²) in [7, 11) is 0. The minimum atomic E-state index is -0.492. The molecular formula is C23H22ClN3O4. The fraction of sp³-hybridized carbons (Fsp3) is 0.304. The lowest BCUT2D eigenvalue weighted by molar-refractivity contribution is -0.142. The number of hydrogen-bond donors (Lipinski definition) is 2. The van der Waals surface area contributed by atoms with Gasteiger partial charge in [0.05, 0.1) is 23.2 Å². The van der Waals surface area contributed by atoms with E-state index in [2.05, 4.69) is 10.6 Å². The van der Waals surface area contributed by atoms with E-state index in [1.165, 1.54) is 0 Å². The average molecular weight is 440 g/mol. The van der Waals surface area contributed by atoms with E-state index in [0.29, 0.717) is 34.8 Å². The van der Waals surface area contributed by atoms with E-state index in [9.17, 15) is 19.2 Å². The van der Waals surface area contributed by atoms with Gasteiger partial charge in [-0.05, 0) is 49.2 Å². The van der Waals surface area contributed by atoms with E-state index < -0.39 is 5.91 Å². The molecule has 1 saturated heterocycles. The first-order chi connectivity index (χ1) is 14.9. The van der Waals surface area contributed by atoms with Crippen LogP contribution in [0.1, 0.15) is 36.0 Å². The van der Waals surface area contributed by atoms with Crippen LogP contribution in [0, 0.1) is 11.8 Å². The van der Waals surface area contributed by atoms with Crippen LogP contribution in [-0.4, -0.2) is 35.1 Å². The van der Waals surface area contributed by atoms with Crippen molar-refractivity contribution in [2.75, 3.05) is 17.2 Å². The number of anilines is 2. The predicted molar refractivity (Wildman–Crippen MR) is 117 cm³/mol. The van der Waals surface area contributed by atoms with Gasteiger partial charge in [0.25, 0.3) is 5.91 Å². The minimum Gasteiger partial charge on any atom is -0.323 e. The number of nitrogens with one attached hydrogen (secondary N) is 2. The third kappa shape index (κ3) is 4.46. The number of likely N-dealkylation sites (tertiary alicyclic amines) is 1. The monoisotopic (exact) mass is 439 g/mol. The van der Waals surface area contributed by atoms with Crippen molar-refractivity contribution in [1.82, 2.24) is 4.90 Å². The number of nitrogens with zero attached hydrogens (tertiary/aromatic N) is 1. The zero-order valence-corrected chi connectivity index (χ0v) is 17.5. The number of halogens is 1. The second kappa shape index (κ2) is 8.89. The SMILES string of the molecule is O=C(CN1C(=O)C2CCCCC2C1=O)Nc1ccccc1NC(=O)c1ccc(Cl)cc1. The molecule has 2 atom stereocenters. The summed E-state index contributed by atoms with van der Waals surface area (Å²) in [4.78, 5) is 51.4. The first-order valence-corrected chi connectivity index (χ1v) is 10.6. The highest BCUT2D eigenvalue weighted by Crippen LogP contribution is 2.37. The maximum atomic E-state index is 12.6. The van der Waals surface area contributed by atoms with Gasteiger partial charge in [0.15, 0.2) is 0 Å². The molecule has 0 aromatic heterocycles. The van der Waals surface area contributed by atoms with Crippen LogP contribution in [0.2, 0.25) is 5.02 Å². The summed E-state index contributed by atoms with van der Waals surface area (Å²) in [5.41, 5.74) is 1.20. The molecule has 31 heavy (non-hydrogen) atoms. The van der Waals surface area contributed by atoms with Gasteiger partial charge in [0.2, 0.25) is 17.7 Å². The summed E-state index contributed by atoms with van der Waals surface area (Å²) in [6, 6.07) is 13.2. The van der Waals surface area contributed by atoms with Gasteiger partial charge in [0.1, 0.15) is 6.54 Å². The molecule has 2 aromatic carbocycles. The molecule has 1 saturated carbocycles. The Bertz CT molecular complexity index is 1010. The highest BCUT2D eigenvalue weighted by atomic mass is 35.5. The lowest BCUT2D eigenvalue weighted by atomic mass is 9.81. The average Bonchev–Trinajstić information content (AvgIpc) is 3.00. The third-order valence-corrected chi connectivity index (χ3v) is 6.04. The highest BCUT2D eigenvalue weighted by molar-refractivity contribution is 6.30. The van der Waals surface area contributed by atoms with Gasteiger partial charge in [0, 0.05) is 10.6 Å². The number of para-hydroxylation sites is 2. The van der Waals surface area contributed by atoms with Gasteiger partial charge in [-0.2, -0.15) is 0 Å². The first kappa shape index (κ1) is 21.1. The normalized spacial score (nSPS) is 20.4. The van der Waals surface area contributed by atoms with Gasteiger partial charge in [-0.1, -0.05) is 36.6 Å². The Morgan fingerprint density at radius 3 is 2.00 bits per heavy atom. The van der Waals surface area contributed by atoms with Crippen molar-refractivity contribution in [3.05, 3.63) is 59.1 Å². The number of benzene rings is 2. The molecule has 160 valence electrons. The molecule has 1 heterocycles. The molecule has 2 fully saturated rings. The topological polar surface area (TPSA) is 95.6 Å². The number of imide groups is 1. The summed E-state index contributed by atoms with van der Waals surface area (Å²) in [6.45, 7) is -0.329. The molecule has 1 aliphatic heterocycles. The first-order valence-electron chi connectivity index (χ1n) is 10.2. The molecule has 4 amide bonds. The Kier molecular flexibility index (Phi) is 6.04. The van der Waals surface area contributed by atoms with E-state index in [1.807, 2.05) is 0 Å². The number of hydrogen-bond acceptors (Lipinski definition) is 4. The molecular weight excluding hydrogens is 418 g/mol. The van der Waals surface area contributed by atoms with Gasteiger partial charge >= 0.3 is 0 Å². The number of amides is 4. The molecule has 2 aromatic rings. The van der Waals surface area contributed by atoms with Crippen molar-refractivity contribution in [2.24, 2.45) is 11.8 Å². The fourth-order valence-corrected chi connectivity index (χ4v) is 4.34. The van der Waals surface area contributed by atoms with Gasteiger partial charge in [-0.3, -0.25) is 24.1 Å². The summed E-state index contributed by atoms with van der Waals surface area (Å²) < 4.78 is 0. The summed E-state index contributed by atoms with van der Waals surface area (Å²) in [5.74, 6) is -1.94. The molecule has 0 radical (unpaired) electrons. The molecule has 8 heteroatoms. The quantitative estimate of drug-likeness (QED) is 0.694. The predicted octanol–water partition coefficient (Wildman–Crippen LogP) is 3.71. The largest absolute Gasteiger partial charge is 0.323 e. The number of rotatable bonds is 5. The molecule has 4 rings (SSSR count). The van der Waals surface area contributed by atoms with Crippen LogP contribution in [0.4, 0.5) is 11.4 Å². The van der Waals surface area contributed by atoms with E-state index >= 15 is 0 Å². The van der Waals surface area contributed by atoms with Crippen LogP contribution in [0.15, 0.2) is 48.5 Å². The Morgan fingerprint density at radius 2 is 1.42 bits per heavy atom. The Labute approximate surface area is 184 Å².